The highest BCUT2D eigenvalue weighted by Crippen LogP contribution is 2.25. The average molecular weight is 408 g/mol. The Bertz CT molecular complexity index is 946. The fourth-order valence-corrected chi connectivity index (χ4v) is 2.81. The summed E-state index contributed by atoms with van der Waals surface area (Å²) in [5.41, 5.74) is 1.31. The minimum absolute atomic E-state index is 0.0460. The molecule has 28 heavy (non-hydrogen) atoms. The number of fused-ring (bicyclic) bond motifs is 1. The molecule has 0 atom stereocenters. The van der Waals surface area contributed by atoms with Gasteiger partial charge in [-0.2, -0.15) is 8.78 Å². The van der Waals surface area contributed by atoms with Gasteiger partial charge in [0.05, 0.1) is 5.69 Å². The number of hydrogen-bond acceptors (Lipinski definition) is 7. The number of halogens is 2. The third kappa shape index (κ3) is 5.43. The molecule has 2 aromatic carbocycles. The highest BCUT2D eigenvalue weighted by atomic mass is 32.2. The highest BCUT2D eigenvalue weighted by molar-refractivity contribution is 7.99. The quantitative estimate of drug-likeness (QED) is 0.449. The van der Waals surface area contributed by atoms with Crippen LogP contribution < -0.4 is 10.1 Å². The van der Waals surface area contributed by atoms with Gasteiger partial charge in [-0.3, -0.25) is 9.59 Å². The summed E-state index contributed by atoms with van der Waals surface area (Å²) in [6.45, 7) is -3.60. The fourth-order valence-electron chi connectivity index (χ4n) is 2.18. The molecule has 0 fully saturated rings. The van der Waals surface area contributed by atoms with Gasteiger partial charge in [0.1, 0.15) is 17.0 Å². The molecule has 0 bridgehead atoms. The van der Waals surface area contributed by atoms with Gasteiger partial charge < -0.3 is 19.2 Å². The SMILES string of the molecule is O=C(COC(=O)CSc1nc2ccccc2o1)Nc1ccccc1OC(F)F. The van der Waals surface area contributed by atoms with E-state index in [1.54, 1.807) is 18.2 Å². The van der Waals surface area contributed by atoms with Gasteiger partial charge in [-0.05, 0) is 24.3 Å². The Hall–Kier alpha value is -3.14. The molecule has 0 spiro atoms. The lowest BCUT2D eigenvalue weighted by atomic mass is 10.3. The highest BCUT2D eigenvalue weighted by Gasteiger charge is 2.14. The first kappa shape index (κ1) is 19.6. The van der Waals surface area contributed by atoms with E-state index in [2.05, 4.69) is 15.0 Å². The van der Waals surface area contributed by atoms with Crippen LogP contribution >= 0.6 is 11.8 Å². The number of ether oxygens (including phenoxy) is 2. The number of aromatic nitrogens is 1. The van der Waals surface area contributed by atoms with Crippen molar-refractivity contribution >= 4 is 40.4 Å². The minimum Gasteiger partial charge on any atom is -0.455 e. The lowest BCUT2D eigenvalue weighted by molar-refractivity contribution is -0.144. The number of benzene rings is 2. The molecule has 0 aliphatic heterocycles. The number of para-hydroxylation sites is 4. The maximum Gasteiger partial charge on any atom is 0.387 e. The first-order valence-corrected chi connectivity index (χ1v) is 8.97. The molecule has 0 radical (unpaired) electrons. The molecule has 0 saturated carbocycles. The number of carbonyl (C=O) groups is 2. The zero-order valence-electron chi connectivity index (χ0n) is 14.3. The molecule has 1 amide bonds. The zero-order chi connectivity index (χ0) is 19.9. The molecule has 0 saturated heterocycles. The third-order valence-electron chi connectivity index (χ3n) is 3.33. The average Bonchev–Trinajstić information content (AvgIpc) is 3.09. The van der Waals surface area contributed by atoms with Crippen molar-refractivity contribution in [2.24, 2.45) is 0 Å². The van der Waals surface area contributed by atoms with Gasteiger partial charge >= 0.3 is 12.6 Å². The molecule has 10 heteroatoms. The molecule has 146 valence electrons. The summed E-state index contributed by atoms with van der Waals surface area (Å²) in [5.74, 6) is -1.64. The van der Waals surface area contributed by atoms with Gasteiger partial charge in [0.2, 0.25) is 0 Å². The molecule has 7 nitrogen and oxygen atoms in total. The van der Waals surface area contributed by atoms with Crippen LogP contribution in [0, 0.1) is 0 Å². The summed E-state index contributed by atoms with van der Waals surface area (Å²) in [7, 11) is 0. The maximum atomic E-state index is 12.4. The summed E-state index contributed by atoms with van der Waals surface area (Å²) < 4.78 is 39.4. The molecular formula is C18H14F2N2O5S. The number of nitrogens with zero attached hydrogens (tertiary/aromatic N) is 1. The van der Waals surface area contributed by atoms with E-state index in [0.29, 0.717) is 16.3 Å². The van der Waals surface area contributed by atoms with E-state index in [1.807, 2.05) is 6.07 Å². The summed E-state index contributed by atoms with van der Waals surface area (Å²) in [5, 5.41) is 2.66. The second-order valence-corrected chi connectivity index (χ2v) is 6.25. The van der Waals surface area contributed by atoms with Crippen molar-refractivity contribution in [3.63, 3.8) is 0 Å². The molecule has 0 unspecified atom stereocenters. The van der Waals surface area contributed by atoms with Gasteiger partial charge in [0.25, 0.3) is 11.1 Å². The summed E-state index contributed by atoms with van der Waals surface area (Å²) in [4.78, 5) is 27.9. The van der Waals surface area contributed by atoms with Crippen molar-refractivity contribution in [2.45, 2.75) is 11.8 Å². The van der Waals surface area contributed by atoms with Crippen molar-refractivity contribution in [2.75, 3.05) is 17.7 Å². The van der Waals surface area contributed by atoms with E-state index in [0.717, 1.165) is 11.8 Å². The molecule has 3 aromatic rings. The summed E-state index contributed by atoms with van der Waals surface area (Å²) in [6.07, 6.45) is 0. The molecule has 0 aliphatic rings. The van der Waals surface area contributed by atoms with E-state index in [-0.39, 0.29) is 17.2 Å². The molecule has 1 heterocycles. The Balaban J connectivity index is 1.46. The lowest BCUT2D eigenvalue weighted by Crippen LogP contribution is -2.22. The van der Waals surface area contributed by atoms with E-state index in [1.165, 1.54) is 24.3 Å². The van der Waals surface area contributed by atoms with Crippen molar-refractivity contribution < 1.29 is 32.3 Å². The number of oxazole rings is 1. The molecule has 0 aliphatic carbocycles. The van der Waals surface area contributed by atoms with Gasteiger partial charge in [-0.25, -0.2) is 4.98 Å². The lowest BCUT2D eigenvalue weighted by Gasteiger charge is -2.11. The first-order chi connectivity index (χ1) is 13.5. The number of esters is 1. The maximum absolute atomic E-state index is 12.4. The first-order valence-electron chi connectivity index (χ1n) is 7.99. The van der Waals surface area contributed by atoms with Gasteiger partial charge in [-0.1, -0.05) is 36.0 Å². The fraction of sp³-hybridized carbons (Fsp3) is 0.167. The van der Waals surface area contributed by atoms with Gasteiger partial charge in [0.15, 0.2) is 12.2 Å². The van der Waals surface area contributed by atoms with Crippen LogP contribution in [0.1, 0.15) is 0 Å². The number of anilines is 1. The third-order valence-corrected chi connectivity index (χ3v) is 4.13. The summed E-state index contributed by atoms with van der Waals surface area (Å²) in [6, 6.07) is 12.8. The Morgan fingerprint density at radius 1 is 1.14 bits per heavy atom. The predicted molar refractivity (Wildman–Crippen MR) is 97.4 cm³/mol. The van der Waals surface area contributed by atoms with E-state index in [4.69, 9.17) is 9.15 Å². The van der Waals surface area contributed by atoms with Gasteiger partial charge in [0, 0.05) is 0 Å². The van der Waals surface area contributed by atoms with Crippen LogP contribution in [0.5, 0.6) is 5.75 Å². The molecular weight excluding hydrogens is 394 g/mol. The number of carbonyl (C=O) groups excluding carboxylic acids is 2. The molecule has 3 rings (SSSR count). The van der Waals surface area contributed by atoms with E-state index in [9.17, 15) is 18.4 Å². The van der Waals surface area contributed by atoms with Crippen LogP contribution in [0.2, 0.25) is 0 Å². The van der Waals surface area contributed by atoms with Crippen LogP contribution in [-0.4, -0.2) is 35.8 Å². The van der Waals surface area contributed by atoms with Crippen molar-refractivity contribution in [3.8, 4) is 5.75 Å². The number of rotatable bonds is 8. The Labute approximate surface area is 162 Å². The topological polar surface area (TPSA) is 90.7 Å². The Morgan fingerprint density at radius 2 is 1.89 bits per heavy atom. The van der Waals surface area contributed by atoms with Crippen LogP contribution in [-0.2, 0) is 14.3 Å². The number of nitrogens with one attached hydrogen (secondary N) is 1. The number of hydrogen-bond donors (Lipinski definition) is 1. The normalized spacial score (nSPS) is 10.8. The Kier molecular flexibility index (Phi) is 6.43. The summed E-state index contributed by atoms with van der Waals surface area (Å²) >= 11 is 1.03. The largest absolute Gasteiger partial charge is 0.455 e. The predicted octanol–water partition coefficient (Wildman–Crippen LogP) is 3.70. The van der Waals surface area contributed by atoms with E-state index >= 15 is 0 Å². The molecule has 1 aromatic heterocycles. The second-order valence-electron chi connectivity index (χ2n) is 5.32. The standard InChI is InChI=1S/C18H14F2N2O5S/c19-17(20)26-13-7-3-1-5-11(13)21-15(23)9-25-16(24)10-28-18-22-12-6-2-4-8-14(12)27-18/h1-8,17H,9-10H2,(H,21,23). The number of thioether (sulfide) groups is 1. The van der Waals surface area contributed by atoms with Crippen LogP contribution in [0.15, 0.2) is 58.2 Å². The van der Waals surface area contributed by atoms with Crippen LogP contribution in [0.3, 0.4) is 0 Å². The zero-order valence-corrected chi connectivity index (χ0v) is 15.1. The van der Waals surface area contributed by atoms with Crippen molar-refractivity contribution in [3.05, 3.63) is 48.5 Å². The minimum atomic E-state index is -3.03. The van der Waals surface area contributed by atoms with Crippen LogP contribution in [0.4, 0.5) is 14.5 Å². The van der Waals surface area contributed by atoms with Crippen LogP contribution in [0.25, 0.3) is 11.1 Å². The smallest absolute Gasteiger partial charge is 0.387 e. The Morgan fingerprint density at radius 3 is 2.68 bits per heavy atom. The van der Waals surface area contributed by atoms with Gasteiger partial charge in [-0.15, -0.1) is 0 Å². The molecule has 1 N–H and O–H groups in total. The van der Waals surface area contributed by atoms with E-state index < -0.39 is 25.1 Å². The number of amides is 1. The van der Waals surface area contributed by atoms with Crippen molar-refractivity contribution in [1.82, 2.24) is 4.98 Å². The van der Waals surface area contributed by atoms with Crippen molar-refractivity contribution in [1.29, 1.82) is 0 Å². The second kappa shape index (κ2) is 9.18. The number of alkyl halides is 2. The monoisotopic (exact) mass is 408 g/mol.